The van der Waals surface area contributed by atoms with Crippen molar-refractivity contribution in [3.05, 3.63) is 71.1 Å². The van der Waals surface area contributed by atoms with Crippen molar-refractivity contribution in [3.63, 3.8) is 0 Å². The molecule has 0 saturated heterocycles. The number of rotatable bonds is 8. The molecule has 0 aliphatic carbocycles. The molecule has 0 unspecified atom stereocenters. The zero-order valence-corrected chi connectivity index (χ0v) is 29.9. The molecule has 3 aromatic rings. The van der Waals surface area contributed by atoms with Gasteiger partial charge in [-0.1, -0.05) is 13.0 Å². The zero-order valence-electron chi connectivity index (χ0n) is 28.3. The maximum absolute atomic E-state index is 14.3. The molecule has 0 radical (unpaired) electrons. The predicted octanol–water partition coefficient (Wildman–Crippen LogP) is 6.53. The number of hydrogen-bond acceptors (Lipinski definition) is 8. The van der Waals surface area contributed by atoms with Crippen LogP contribution in [0.4, 0.5) is 29.3 Å². The third kappa shape index (κ3) is 10.2. The summed E-state index contributed by atoms with van der Waals surface area (Å²) in [4.78, 5) is 28.6. The number of aliphatic hydroxyl groups excluding tert-OH is 1. The third-order valence-electron chi connectivity index (χ3n) is 8.38. The lowest BCUT2D eigenvalue weighted by atomic mass is 10.0. The fourth-order valence-corrected chi connectivity index (χ4v) is 7.80. The molecule has 3 N–H and O–H groups in total. The van der Waals surface area contributed by atoms with Gasteiger partial charge in [-0.2, -0.15) is 17.5 Å². The van der Waals surface area contributed by atoms with Crippen LogP contribution in [-0.4, -0.2) is 86.3 Å². The molecule has 0 fully saturated rings. The normalized spacial score (nSPS) is 20.4. The van der Waals surface area contributed by atoms with Crippen LogP contribution in [-0.2, 0) is 20.9 Å². The van der Waals surface area contributed by atoms with Crippen LogP contribution in [0.15, 0.2) is 64.2 Å². The fourth-order valence-electron chi connectivity index (χ4n) is 5.41. The number of sulfonamides is 1. The minimum Gasteiger partial charge on any atom is -0.490 e. The largest absolute Gasteiger partial charge is 0.490 e. The summed E-state index contributed by atoms with van der Waals surface area (Å²) in [5, 5.41) is 17.0. The van der Waals surface area contributed by atoms with Crippen LogP contribution in [0, 0.1) is 5.92 Å². The van der Waals surface area contributed by atoms with Crippen LogP contribution in [0.1, 0.15) is 56.0 Å². The highest BCUT2D eigenvalue weighted by Crippen LogP contribution is 2.31. The van der Waals surface area contributed by atoms with Gasteiger partial charge in [-0.3, -0.25) is 4.79 Å². The summed E-state index contributed by atoms with van der Waals surface area (Å²) in [6.07, 6.45) is -3.34. The number of likely N-dealkylation sites (N-methyl/N-ethyl adjacent to an activating group) is 1. The third-order valence-corrected chi connectivity index (χ3v) is 11.6. The Morgan fingerprint density at radius 2 is 1.78 bits per heavy atom. The van der Waals surface area contributed by atoms with E-state index >= 15 is 0 Å². The van der Waals surface area contributed by atoms with Gasteiger partial charge in [0.25, 0.3) is 15.9 Å². The van der Waals surface area contributed by atoms with Crippen LogP contribution in [0.5, 0.6) is 5.75 Å². The number of anilines is 2. The molecule has 274 valence electrons. The first-order chi connectivity index (χ1) is 23.6. The Hall–Kier alpha value is -3.70. The molecule has 0 bridgehead atoms. The van der Waals surface area contributed by atoms with Gasteiger partial charge in [0.1, 0.15) is 9.96 Å². The number of nitrogens with one attached hydrogen (secondary N) is 2. The van der Waals surface area contributed by atoms with Crippen molar-refractivity contribution < 1.29 is 45.8 Å². The number of urea groups is 1. The van der Waals surface area contributed by atoms with Crippen molar-refractivity contribution in [2.24, 2.45) is 5.92 Å². The van der Waals surface area contributed by atoms with Crippen LogP contribution in [0.3, 0.4) is 0 Å². The number of ether oxygens (including phenoxy) is 2. The number of fused-ring (bicyclic) bond motifs is 1. The average molecular weight is 741 g/mol. The van der Waals surface area contributed by atoms with E-state index in [0.29, 0.717) is 19.4 Å². The van der Waals surface area contributed by atoms with Crippen molar-refractivity contribution in [2.45, 2.75) is 68.7 Å². The predicted molar refractivity (Wildman–Crippen MR) is 185 cm³/mol. The first-order valence-corrected chi connectivity index (χ1v) is 18.5. The maximum atomic E-state index is 14.3. The minimum atomic E-state index is -4.52. The Kier molecular flexibility index (Phi) is 13.3. The number of aliphatic hydroxyl groups is 1. The average Bonchev–Trinajstić information content (AvgIpc) is 3.62. The van der Waals surface area contributed by atoms with Crippen LogP contribution in [0.2, 0.25) is 0 Å². The number of alkyl halides is 3. The lowest BCUT2D eigenvalue weighted by Crippen LogP contribution is -2.48. The first-order valence-electron chi connectivity index (χ1n) is 16.2. The van der Waals surface area contributed by atoms with E-state index in [0.717, 1.165) is 42.0 Å². The second-order valence-electron chi connectivity index (χ2n) is 12.4. The number of carbonyl (C=O) groups is 2. The SMILES string of the molecule is C[C@@H]1CCCCO[C@@H](CN(C)S(=O)(=O)c2cccs2)[C@H](C)CN([C@H](C)CO)C(=O)c2cc(NC(=O)Nc3ccc(C(F)(F)F)cc3)ccc2O1. The van der Waals surface area contributed by atoms with E-state index in [4.69, 9.17) is 9.47 Å². The van der Waals surface area contributed by atoms with E-state index in [1.165, 1.54) is 22.3 Å². The number of hydrogen-bond donors (Lipinski definition) is 3. The van der Waals surface area contributed by atoms with E-state index in [1.807, 2.05) is 13.8 Å². The number of benzene rings is 2. The molecule has 50 heavy (non-hydrogen) atoms. The van der Waals surface area contributed by atoms with E-state index in [9.17, 15) is 36.3 Å². The molecule has 1 aliphatic rings. The molecule has 0 saturated carbocycles. The topological polar surface area (TPSA) is 138 Å². The monoisotopic (exact) mass is 740 g/mol. The van der Waals surface area contributed by atoms with Crippen LogP contribution in [0.25, 0.3) is 0 Å². The highest BCUT2D eigenvalue weighted by molar-refractivity contribution is 7.91. The second kappa shape index (κ2) is 17.0. The highest BCUT2D eigenvalue weighted by atomic mass is 32.2. The summed E-state index contributed by atoms with van der Waals surface area (Å²) in [6, 6.07) is 10.3. The van der Waals surface area contributed by atoms with Crippen LogP contribution >= 0.6 is 11.3 Å². The fraction of sp³-hybridized carbons (Fsp3) is 0.471. The Balaban J connectivity index is 1.60. The standard InChI is InChI=1S/C34H43F3N4O7S2/c1-22-19-41(23(2)21-42)32(43)28-18-27(39-33(44)38-26-12-10-25(11-13-26)34(35,36)37)14-15-29(28)48-24(3)8-5-6-16-47-30(22)20-40(4)50(45,46)31-9-7-17-49-31/h7,9-15,17-18,22-24,30,42H,5-6,8,16,19-21H2,1-4H3,(H2,38,39,44)/t22-,23-,24-,30+/m1/s1. The lowest BCUT2D eigenvalue weighted by molar-refractivity contribution is -0.137. The minimum absolute atomic E-state index is 0.0369. The molecule has 11 nitrogen and oxygen atoms in total. The number of halogens is 3. The first kappa shape index (κ1) is 39.1. The number of carbonyl (C=O) groups excluding carboxylic acids is 2. The Bertz CT molecular complexity index is 1690. The number of amides is 3. The molecular formula is C34H43F3N4O7S2. The van der Waals surface area contributed by atoms with Gasteiger partial charge in [0, 0.05) is 44.0 Å². The summed E-state index contributed by atoms with van der Waals surface area (Å²) in [5.41, 5.74) is -0.398. The van der Waals surface area contributed by atoms with E-state index in [-0.39, 0.29) is 58.6 Å². The molecule has 4 rings (SSSR count). The molecule has 16 heteroatoms. The summed E-state index contributed by atoms with van der Waals surface area (Å²) >= 11 is 1.12. The van der Waals surface area contributed by atoms with E-state index in [1.54, 1.807) is 36.6 Å². The highest BCUT2D eigenvalue weighted by Gasteiger charge is 2.33. The van der Waals surface area contributed by atoms with Crippen LogP contribution < -0.4 is 15.4 Å². The second-order valence-corrected chi connectivity index (χ2v) is 15.6. The molecule has 0 spiro atoms. The van der Waals surface area contributed by atoms with Crippen molar-refractivity contribution in [1.29, 1.82) is 0 Å². The molecule has 4 atom stereocenters. The van der Waals surface area contributed by atoms with Gasteiger partial charge in [-0.25, -0.2) is 13.2 Å². The Morgan fingerprint density at radius 3 is 2.42 bits per heavy atom. The van der Waals surface area contributed by atoms with Gasteiger partial charge in [0.15, 0.2) is 0 Å². The van der Waals surface area contributed by atoms with Gasteiger partial charge in [-0.05, 0) is 87.0 Å². The molecule has 2 aromatic carbocycles. The molecular weight excluding hydrogens is 698 g/mol. The number of nitrogens with zero attached hydrogens (tertiary/aromatic N) is 2. The van der Waals surface area contributed by atoms with Crippen molar-refractivity contribution in [3.8, 4) is 5.75 Å². The Labute approximate surface area is 294 Å². The van der Waals surface area contributed by atoms with E-state index in [2.05, 4.69) is 10.6 Å². The van der Waals surface area contributed by atoms with Gasteiger partial charge in [0.2, 0.25) is 0 Å². The summed E-state index contributed by atoms with van der Waals surface area (Å²) in [6.45, 7) is 5.55. The molecule has 2 heterocycles. The zero-order chi connectivity index (χ0) is 36.6. The number of thiophene rings is 1. The van der Waals surface area contributed by atoms with Crippen molar-refractivity contribution >= 4 is 44.7 Å². The summed E-state index contributed by atoms with van der Waals surface area (Å²) in [7, 11) is -2.27. The Morgan fingerprint density at radius 1 is 1.10 bits per heavy atom. The van der Waals surface area contributed by atoms with Gasteiger partial charge >= 0.3 is 12.2 Å². The summed E-state index contributed by atoms with van der Waals surface area (Å²) in [5.74, 6) is -0.607. The van der Waals surface area contributed by atoms with Crippen molar-refractivity contribution in [2.75, 3.05) is 44.0 Å². The molecule has 3 amide bonds. The molecule has 1 aromatic heterocycles. The van der Waals surface area contributed by atoms with Gasteiger partial charge in [0.05, 0.1) is 36.0 Å². The van der Waals surface area contributed by atoms with Crippen molar-refractivity contribution in [1.82, 2.24) is 9.21 Å². The smallest absolute Gasteiger partial charge is 0.416 e. The molecule has 1 aliphatic heterocycles. The quantitative estimate of drug-likeness (QED) is 0.239. The van der Waals surface area contributed by atoms with Gasteiger partial charge in [-0.15, -0.1) is 11.3 Å². The lowest BCUT2D eigenvalue weighted by Gasteiger charge is -2.35. The van der Waals surface area contributed by atoms with E-state index < -0.39 is 45.8 Å². The van der Waals surface area contributed by atoms with Gasteiger partial charge < -0.3 is 30.1 Å². The maximum Gasteiger partial charge on any atom is 0.416 e. The summed E-state index contributed by atoms with van der Waals surface area (Å²) < 4.78 is 79.2.